The first-order valence-corrected chi connectivity index (χ1v) is 6.07. The molecule has 0 saturated heterocycles. The fraction of sp³-hybridized carbons (Fsp3) is 0.538. The molecule has 0 radical (unpaired) electrons. The summed E-state index contributed by atoms with van der Waals surface area (Å²) in [5.74, 6) is 0.894. The molecule has 16 heavy (non-hydrogen) atoms. The van der Waals surface area contributed by atoms with Crippen LogP contribution in [0.3, 0.4) is 0 Å². The second-order valence-electron chi connectivity index (χ2n) is 4.86. The minimum Gasteiger partial charge on any atom is -0.487 e. The summed E-state index contributed by atoms with van der Waals surface area (Å²) < 4.78 is 6.04. The van der Waals surface area contributed by atoms with Crippen molar-refractivity contribution >= 4 is 11.6 Å². The molecule has 0 amide bonds. The average Bonchev–Trinajstić information content (AvgIpc) is 2.21. The van der Waals surface area contributed by atoms with E-state index in [0.29, 0.717) is 0 Å². The number of fused-ring (bicyclic) bond motifs is 1. The third kappa shape index (κ3) is 1.92. The molecule has 0 fully saturated rings. The number of nitrogens with two attached hydrogens (primary N) is 1. The van der Waals surface area contributed by atoms with Crippen molar-refractivity contribution < 1.29 is 4.74 Å². The van der Waals surface area contributed by atoms with Crippen molar-refractivity contribution in [2.24, 2.45) is 5.73 Å². The minimum absolute atomic E-state index is 0.0202. The molecule has 0 spiro atoms. The van der Waals surface area contributed by atoms with Gasteiger partial charge >= 0.3 is 0 Å². The highest BCUT2D eigenvalue weighted by atomic mass is 35.5. The van der Waals surface area contributed by atoms with Crippen LogP contribution >= 0.6 is 11.6 Å². The molecule has 1 aliphatic rings. The molecule has 0 aromatic heterocycles. The number of benzene rings is 1. The van der Waals surface area contributed by atoms with Gasteiger partial charge in [-0.2, -0.15) is 0 Å². The molecule has 1 aromatic carbocycles. The fourth-order valence-electron chi connectivity index (χ4n) is 2.15. The fourth-order valence-corrected chi connectivity index (χ4v) is 2.32. The lowest BCUT2D eigenvalue weighted by Crippen LogP contribution is -2.39. The summed E-state index contributed by atoms with van der Waals surface area (Å²) >= 11 is 6.10. The van der Waals surface area contributed by atoms with Gasteiger partial charge in [0.05, 0.1) is 0 Å². The van der Waals surface area contributed by atoms with Crippen LogP contribution in [0, 0.1) is 6.92 Å². The van der Waals surface area contributed by atoms with Gasteiger partial charge in [-0.3, -0.25) is 0 Å². The van der Waals surface area contributed by atoms with E-state index in [0.717, 1.165) is 34.7 Å². The van der Waals surface area contributed by atoms with Gasteiger partial charge in [-0.25, -0.2) is 0 Å². The number of hydrogen-bond acceptors (Lipinski definition) is 2. The Morgan fingerprint density at radius 2 is 2.25 bits per heavy atom. The lowest BCUT2D eigenvalue weighted by Gasteiger charge is -2.38. The largest absolute Gasteiger partial charge is 0.487 e. The molecule has 1 aromatic rings. The zero-order valence-corrected chi connectivity index (χ0v) is 10.8. The summed E-state index contributed by atoms with van der Waals surface area (Å²) in [6.45, 7) is 6.22. The molecule has 2 N–H and O–H groups in total. The van der Waals surface area contributed by atoms with Crippen molar-refractivity contribution in [2.75, 3.05) is 0 Å². The predicted molar refractivity (Wildman–Crippen MR) is 67.1 cm³/mol. The molecule has 88 valence electrons. The lowest BCUT2D eigenvalue weighted by molar-refractivity contribution is 0.0503. The molecule has 0 aliphatic carbocycles. The Kier molecular flexibility index (Phi) is 2.89. The van der Waals surface area contributed by atoms with Crippen LogP contribution in [0.25, 0.3) is 0 Å². The van der Waals surface area contributed by atoms with E-state index < -0.39 is 0 Å². The molecule has 0 bridgehead atoms. The van der Waals surface area contributed by atoms with Gasteiger partial charge in [-0.15, -0.1) is 0 Å². The van der Waals surface area contributed by atoms with Crippen molar-refractivity contribution in [3.63, 3.8) is 0 Å². The first kappa shape index (κ1) is 11.7. The lowest BCUT2D eigenvalue weighted by atomic mass is 9.87. The van der Waals surface area contributed by atoms with Gasteiger partial charge in [0.25, 0.3) is 0 Å². The van der Waals surface area contributed by atoms with Crippen molar-refractivity contribution in [3.05, 3.63) is 28.3 Å². The molecule has 3 heteroatoms. The maximum absolute atomic E-state index is 6.18. The Bertz CT molecular complexity index is 419. The molecule has 1 heterocycles. The third-order valence-corrected chi connectivity index (χ3v) is 3.85. The SMILES string of the molecule is CCC1(C)CC(N)c2cc(Cl)c(C)cc2O1. The highest BCUT2D eigenvalue weighted by Gasteiger charge is 2.34. The maximum Gasteiger partial charge on any atom is 0.125 e. The average molecular weight is 240 g/mol. The molecule has 1 aliphatic heterocycles. The molecule has 2 nitrogen and oxygen atoms in total. The number of aryl methyl sites for hydroxylation is 1. The zero-order chi connectivity index (χ0) is 11.9. The van der Waals surface area contributed by atoms with Gasteiger partial charge in [0.1, 0.15) is 11.4 Å². The van der Waals surface area contributed by atoms with Crippen LogP contribution in [0.15, 0.2) is 12.1 Å². The number of rotatable bonds is 1. The van der Waals surface area contributed by atoms with Crippen LogP contribution in [0.2, 0.25) is 5.02 Å². The van der Waals surface area contributed by atoms with Gasteiger partial charge in [-0.1, -0.05) is 18.5 Å². The van der Waals surface area contributed by atoms with E-state index in [1.54, 1.807) is 0 Å². The van der Waals surface area contributed by atoms with Gasteiger partial charge in [-0.05, 0) is 38.0 Å². The quantitative estimate of drug-likeness (QED) is 0.813. The van der Waals surface area contributed by atoms with E-state index in [2.05, 4.69) is 13.8 Å². The second kappa shape index (κ2) is 3.94. The summed E-state index contributed by atoms with van der Waals surface area (Å²) in [6.07, 6.45) is 1.80. The molecule has 2 unspecified atom stereocenters. The molecular formula is C13H18ClNO. The van der Waals surface area contributed by atoms with Gasteiger partial charge in [0.2, 0.25) is 0 Å². The van der Waals surface area contributed by atoms with Crippen LogP contribution in [0.5, 0.6) is 5.75 Å². The molecular weight excluding hydrogens is 222 g/mol. The predicted octanol–water partition coefficient (Wildman–Crippen LogP) is 3.60. The van der Waals surface area contributed by atoms with Crippen LogP contribution in [0.1, 0.15) is 43.9 Å². The normalized spacial score (nSPS) is 28.4. The maximum atomic E-state index is 6.18. The van der Waals surface area contributed by atoms with Gasteiger partial charge in [0, 0.05) is 23.0 Å². The first-order valence-electron chi connectivity index (χ1n) is 5.70. The monoisotopic (exact) mass is 239 g/mol. The zero-order valence-electron chi connectivity index (χ0n) is 10.0. The van der Waals surface area contributed by atoms with Crippen molar-refractivity contribution in [1.82, 2.24) is 0 Å². The summed E-state index contributed by atoms with van der Waals surface area (Å²) in [5, 5.41) is 0.762. The van der Waals surface area contributed by atoms with Crippen LogP contribution in [-0.2, 0) is 0 Å². The van der Waals surface area contributed by atoms with Crippen LogP contribution in [-0.4, -0.2) is 5.60 Å². The highest BCUT2D eigenvalue weighted by molar-refractivity contribution is 6.31. The van der Waals surface area contributed by atoms with E-state index in [-0.39, 0.29) is 11.6 Å². The smallest absolute Gasteiger partial charge is 0.125 e. The summed E-state index contributed by atoms with van der Waals surface area (Å²) in [7, 11) is 0. The van der Waals surface area contributed by atoms with Crippen LogP contribution < -0.4 is 10.5 Å². The van der Waals surface area contributed by atoms with Gasteiger partial charge < -0.3 is 10.5 Å². The standard InChI is InChI=1S/C13H18ClNO/c1-4-13(3)7-11(15)9-6-10(14)8(2)5-12(9)16-13/h5-6,11H,4,7,15H2,1-3H3. The minimum atomic E-state index is -0.146. The van der Waals surface area contributed by atoms with Crippen molar-refractivity contribution in [1.29, 1.82) is 0 Å². The summed E-state index contributed by atoms with van der Waals surface area (Å²) in [4.78, 5) is 0. The summed E-state index contributed by atoms with van der Waals surface area (Å²) in [6, 6.07) is 3.95. The Morgan fingerprint density at radius 1 is 1.56 bits per heavy atom. The Hall–Kier alpha value is -0.730. The van der Waals surface area contributed by atoms with E-state index in [9.17, 15) is 0 Å². The van der Waals surface area contributed by atoms with E-state index in [1.165, 1.54) is 0 Å². The van der Waals surface area contributed by atoms with Crippen molar-refractivity contribution in [3.8, 4) is 5.75 Å². The van der Waals surface area contributed by atoms with Crippen molar-refractivity contribution in [2.45, 2.75) is 45.3 Å². The first-order chi connectivity index (χ1) is 7.45. The number of ether oxygens (including phenoxy) is 1. The number of halogens is 1. The molecule has 2 rings (SSSR count). The topological polar surface area (TPSA) is 35.2 Å². The van der Waals surface area contributed by atoms with E-state index in [4.69, 9.17) is 22.1 Å². The second-order valence-corrected chi connectivity index (χ2v) is 5.26. The van der Waals surface area contributed by atoms with E-state index >= 15 is 0 Å². The Balaban J connectivity index is 2.47. The Morgan fingerprint density at radius 3 is 2.88 bits per heavy atom. The number of hydrogen-bond donors (Lipinski definition) is 1. The molecule has 0 saturated carbocycles. The molecule has 2 atom stereocenters. The van der Waals surface area contributed by atoms with E-state index in [1.807, 2.05) is 19.1 Å². The van der Waals surface area contributed by atoms with Gasteiger partial charge in [0.15, 0.2) is 0 Å². The third-order valence-electron chi connectivity index (χ3n) is 3.45. The highest BCUT2D eigenvalue weighted by Crippen LogP contribution is 2.41. The van der Waals surface area contributed by atoms with Crippen LogP contribution in [0.4, 0.5) is 0 Å². The Labute approximate surface area is 102 Å². The summed E-state index contributed by atoms with van der Waals surface area (Å²) in [5.41, 5.74) is 8.10.